The van der Waals surface area contributed by atoms with Crippen LogP contribution in [0.15, 0.2) is 97.1 Å². The van der Waals surface area contributed by atoms with Gasteiger partial charge >= 0.3 is 0 Å². The number of fused-ring (bicyclic) bond motifs is 7. The summed E-state index contributed by atoms with van der Waals surface area (Å²) in [7, 11) is 0. The van der Waals surface area contributed by atoms with Crippen molar-refractivity contribution >= 4 is 43.6 Å². The summed E-state index contributed by atoms with van der Waals surface area (Å²) in [6, 6.07) is 32.5. The van der Waals surface area contributed by atoms with E-state index in [-0.39, 0.29) is 5.69 Å². The van der Waals surface area contributed by atoms with Crippen LogP contribution in [0.4, 0.5) is 8.78 Å². The lowest BCUT2D eigenvalue weighted by molar-refractivity contribution is 0.573. The molecule has 0 fully saturated rings. The third-order valence-corrected chi connectivity index (χ3v) is 7.12. The molecule has 0 atom stereocenters. The van der Waals surface area contributed by atoms with E-state index in [0.29, 0.717) is 33.4 Å². The number of para-hydroxylation sites is 3. The number of aromatic nitrogens is 2. The summed E-state index contributed by atoms with van der Waals surface area (Å²) >= 11 is 0. The van der Waals surface area contributed by atoms with Gasteiger partial charge in [0.1, 0.15) is 23.4 Å². The van der Waals surface area contributed by atoms with Gasteiger partial charge in [-0.3, -0.25) is 0 Å². The summed E-state index contributed by atoms with van der Waals surface area (Å²) < 4.78 is 34.3. The Labute approximate surface area is 215 Å². The first-order valence-electron chi connectivity index (χ1n) is 12.0. The van der Waals surface area contributed by atoms with Gasteiger partial charge < -0.3 is 9.13 Å². The molecule has 0 saturated heterocycles. The zero-order chi connectivity index (χ0) is 26.0. The molecule has 0 radical (unpaired) electrons. The molecule has 0 amide bonds. The van der Waals surface area contributed by atoms with Crippen molar-refractivity contribution < 1.29 is 8.78 Å². The Kier molecular flexibility index (Phi) is 4.60. The number of hydrogen-bond donors (Lipinski definition) is 0. The van der Waals surface area contributed by atoms with Crippen molar-refractivity contribution in [1.29, 1.82) is 10.5 Å². The molecule has 178 valence electrons. The van der Waals surface area contributed by atoms with Crippen LogP contribution < -0.4 is 0 Å². The van der Waals surface area contributed by atoms with Crippen LogP contribution in [-0.4, -0.2) is 9.13 Å². The topological polar surface area (TPSA) is 57.4 Å². The molecular weight excluding hydrogens is 478 g/mol. The molecule has 38 heavy (non-hydrogen) atoms. The molecule has 7 rings (SSSR count). The van der Waals surface area contributed by atoms with E-state index in [1.54, 1.807) is 22.8 Å². The summed E-state index contributed by atoms with van der Waals surface area (Å²) in [5, 5.41) is 22.9. The zero-order valence-corrected chi connectivity index (χ0v) is 19.8. The lowest BCUT2D eigenvalue weighted by Crippen LogP contribution is -2.04. The lowest BCUT2D eigenvalue weighted by atomic mass is 10.1. The van der Waals surface area contributed by atoms with Crippen LogP contribution in [0.2, 0.25) is 0 Å². The monoisotopic (exact) mass is 494 g/mol. The summed E-state index contributed by atoms with van der Waals surface area (Å²) in [4.78, 5) is 0. The Bertz CT molecular complexity index is 2170. The van der Waals surface area contributed by atoms with Gasteiger partial charge in [-0.25, -0.2) is 8.78 Å². The molecule has 0 spiro atoms. The minimum absolute atomic E-state index is 0.164. The molecule has 0 N–H and O–H groups in total. The molecule has 2 aromatic heterocycles. The summed E-state index contributed by atoms with van der Waals surface area (Å²) in [5.74, 6) is -1.35. The van der Waals surface area contributed by atoms with Crippen molar-refractivity contribution in [2.45, 2.75) is 0 Å². The van der Waals surface area contributed by atoms with E-state index < -0.39 is 11.6 Å². The van der Waals surface area contributed by atoms with Gasteiger partial charge in [0.15, 0.2) is 0 Å². The summed E-state index contributed by atoms with van der Waals surface area (Å²) in [6.45, 7) is 0. The Hall–Kier alpha value is -5.46. The summed E-state index contributed by atoms with van der Waals surface area (Å²) in [6.07, 6.45) is 0. The van der Waals surface area contributed by atoms with Crippen molar-refractivity contribution in [3.05, 3.63) is 120 Å². The van der Waals surface area contributed by atoms with Gasteiger partial charge in [0.05, 0.1) is 45.0 Å². The summed E-state index contributed by atoms with van der Waals surface area (Å²) in [5.41, 5.74) is 3.95. The van der Waals surface area contributed by atoms with E-state index >= 15 is 8.78 Å². The van der Waals surface area contributed by atoms with Crippen molar-refractivity contribution in [3.8, 4) is 23.5 Å². The predicted molar refractivity (Wildman–Crippen MR) is 144 cm³/mol. The van der Waals surface area contributed by atoms with Crippen LogP contribution in [0.3, 0.4) is 0 Å². The Morgan fingerprint density at radius 3 is 1.74 bits per heavy atom. The maximum atomic E-state index is 15.4. The molecule has 0 aliphatic rings. The first kappa shape index (κ1) is 21.8. The molecule has 0 aliphatic carbocycles. The number of nitrogens with zero attached hydrogens (tertiary/aromatic N) is 4. The number of halogens is 2. The normalized spacial score (nSPS) is 11.4. The van der Waals surface area contributed by atoms with Crippen LogP contribution in [0.1, 0.15) is 11.1 Å². The molecule has 6 heteroatoms. The Morgan fingerprint density at radius 2 is 1.13 bits per heavy atom. The van der Waals surface area contributed by atoms with E-state index in [9.17, 15) is 10.5 Å². The average molecular weight is 495 g/mol. The molecule has 0 bridgehead atoms. The van der Waals surface area contributed by atoms with Gasteiger partial charge in [-0.2, -0.15) is 10.5 Å². The van der Waals surface area contributed by atoms with Gasteiger partial charge in [0, 0.05) is 21.5 Å². The van der Waals surface area contributed by atoms with Crippen molar-refractivity contribution in [2.75, 3.05) is 0 Å². The van der Waals surface area contributed by atoms with Crippen LogP contribution in [-0.2, 0) is 0 Å². The quantitative estimate of drug-likeness (QED) is 0.245. The molecule has 5 aromatic carbocycles. The Balaban J connectivity index is 1.80. The third kappa shape index (κ3) is 2.86. The highest BCUT2D eigenvalue weighted by atomic mass is 19.1. The molecule has 0 aliphatic heterocycles. The smallest absolute Gasteiger partial charge is 0.150 e. The van der Waals surface area contributed by atoms with Gasteiger partial charge in [-0.05, 0) is 42.5 Å². The van der Waals surface area contributed by atoms with E-state index in [2.05, 4.69) is 12.1 Å². The highest BCUT2D eigenvalue weighted by Gasteiger charge is 2.24. The second-order valence-electron chi connectivity index (χ2n) is 9.09. The maximum absolute atomic E-state index is 15.4. The fourth-order valence-electron chi connectivity index (χ4n) is 5.58. The van der Waals surface area contributed by atoms with Crippen LogP contribution in [0, 0.1) is 34.3 Å². The SMILES string of the molecule is N#Cc1ccc(-n2c3ccccc3c3ccc4c5ccccc5n(-c5c(F)cccc5F)c4c32)c(C#N)c1. The maximum Gasteiger partial charge on any atom is 0.150 e. The van der Waals surface area contributed by atoms with E-state index in [1.165, 1.54) is 18.2 Å². The third-order valence-electron chi connectivity index (χ3n) is 7.12. The van der Waals surface area contributed by atoms with E-state index in [1.807, 2.05) is 65.2 Å². The second kappa shape index (κ2) is 8.03. The molecule has 0 saturated carbocycles. The fraction of sp³-hybridized carbons (Fsp3) is 0. The predicted octanol–water partition coefficient (Wildman–Crippen LogP) is 7.90. The zero-order valence-electron chi connectivity index (χ0n) is 19.8. The van der Waals surface area contributed by atoms with Crippen molar-refractivity contribution in [1.82, 2.24) is 9.13 Å². The molecule has 0 unspecified atom stereocenters. The second-order valence-corrected chi connectivity index (χ2v) is 9.09. The first-order valence-corrected chi connectivity index (χ1v) is 12.0. The van der Waals surface area contributed by atoms with E-state index in [0.717, 1.165) is 27.1 Å². The Morgan fingerprint density at radius 1 is 0.553 bits per heavy atom. The highest BCUT2D eigenvalue weighted by molar-refractivity contribution is 6.23. The fourth-order valence-corrected chi connectivity index (χ4v) is 5.58. The molecule has 4 nitrogen and oxygen atoms in total. The highest BCUT2D eigenvalue weighted by Crippen LogP contribution is 2.42. The lowest BCUT2D eigenvalue weighted by Gasteiger charge is -2.14. The van der Waals surface area contributed by atoms with Crippen molar-refractivity contribution in [3.63, 3.8) is 0 Å². The van der Waals surface area contributed by atoms with Gasteiger partial charge in [0.2, 0.25) is 0 Å². The van der Waals surface area contributed by atoms with Crippen LogP contribution in [0.25, 0.3) is 55.0 Å². The number of rotatable bonds is 2. The standard InChI is InChI=1S/C32H16F2N4/c33-25-8-5-9-26(34)32(25)38-29-11-4-2-7-22(29)24-14-13-23-21-6-1-3-10-28(21)37(30(23)31(24)38)27-15-12-19(17-35)16-20(27)18-36/h1-16H. The first-order chi connectivity index (χ1) is 18.6. The number of nitriles is 2. The molecule has 2 heterocycles. The van der Waals surface area contributed by atoms with Crippen LogP contribution in [0.5, 0.6) is 0 Å². The van der Waals surface area contributed by atoms with Gasteiger partial charge in [-0.1, -0.05) is 54.6 Å². The number of benzene rings is 5. The van der Waals surface area contributed by atoms with Crippen molar-refractivity contribution in [2.24, 2.45) is 0 Å². The molecular formula is C32H16F2N4. The number of hydrogen-bond acceptors (Lipinski definition) is 2. The average Bonchev–Trinajstić information content (AvgIpc) is 3.46. The van der Waals surface area contributed by atoms with Gasteiger partial charge in [0.25, 0.3) is 0 Å². The minimum atomic E-state index is -0.677. The molecule has 7 aromatic rings. The minimum Gasteiger partial charge on any atom is -0.306 e. The van der Waals surface area contributed by atoms with E-state index in [4.69, 9.17) is 0 Å². The van der Waals surface area contributed by atoms with Crippen LogP contribution >= 0.6 is 0 Å². The van der Waals surface area contributed by atoms with Gasteiger partial charge in [-0.15, -0.1) is 0 Å². The largest absolute Gasteiger partial charge is 0.306 e.